The molecular formula is C12H16F2N2O2. The van der Waals surface area contributed by atoms with E-state index in [1.54, 1.807) is 0 Å². The summed E-state index contributed by atoms with van der Waals surface area (Å²) in [5, 5.41) is 2.90. The summed E-state index contributed by atoms with van der Waals surface area (Å²) in [4.78, 5) is 11.0. The summed E-state index contributed by atoms with van der Waals surface area (Å²) in [6.45, 7) is 2.65. The molecule has 0 bridgehead atoms. The molecule has 1 aromatic carbocycles. The van der Waals surface area contributed by atoms with Crippen LogP contribution in [-0.2, 0) is 4.79 Å². The molecule has 1 amide bonds. The molecule has 0 saturated carbocycles. The third-order valence-corrected chi connectivity index (χ3v) is 2.36. The molecule has 1 aromatic rings. The second kappa shape index (κ2) is 6.90. The monoisotopic (exact) mass is 258 g/mol. The summed E-state index contributed by atoms with van der Waals surface area (Å²) in [6.07, 6.45) is 0.363. The fourth-order valence-corrected chi connectivity index (χ4v) is 1.45. The lowest BCUT2D eigenvalue weighted by molar-refractivity contribution is -0.120. The van der Waals surface area contributed by atoms with E-state index in [1.165, 1.54) is 6.07 Å². The second-order valence-corrected chi connectivity index (χ2v) is 3.73. The maximum Gasteiger partial charge on any atom is 0.234 e. The number of benzene rings is 1. The van der Waals surface area contributed by atoms with Gasteiger partial charge in [-0.25, -0.2) is 8.78 Å². The maximum atomic E-state index is 12.9. The third kappa shape index (κ3) is 4.29. The number of rotatable bonds is 7. The third-order valence-electron chi connectivity index (χ3n) is 2.36. The first-order chi connectivity index (χ1) is 8.54. The molecule has 4 nitrogen and oxygen atoms in total. The Bertz CT molecular complexity index is 413. The first-order valence-electron chi connectivity index (χ1n) is 5.65. The minimum atomic E-state index is -0.967. The van der Waals surface area contributed by atoms with Crippen LogP contribution >= 0.6 is 0 Å². The van der Waals surface area contributed by atoms with E-state index in [9.17, 15) is 13.6 Å². The van der Waals surface area contributed by atoms with Crippen molar-refractivity contribution in [3.8, 4) is 5.75 Å². The van der Waals surface area contributed by atoms with Gasteiger partial charge in [0.2, 0.25) is 5.91 Å². The molecule has 3 N–H and O–H groups in total. The first-order valence-corrected chi connectivity index (χ1v) is 5.65. The van der Waals surface area contributed by atoms with Crippen molar-refractivity contribution >= 4 is 5.91 Å². The predicted octanol–water partition coefficient (Wildman–Crippen LogP) is 1.20. The summed E-state index contributed by atoms with van der Waals surface area (Å²) < 4.78 is 30.7. The van der Waals surface area contributed by atoms with E-state index < -0.39 is 23.6 Å². The molecule has 0 aliphatic rings. The van der Waals surface area contributed by atoms with Gasteiger partial charge in [-0.15, -0.1) is 0 Å². The molecule has 18 heavy (non-hydrogen) atoms. The maximum absolute atomic E-state index is 12.9. The number of amides is 1. The van der Waals surface area contributed by atoms with Crippen LogP contribution in [0.25, 0.3) is 0 Å². The van der Waals surface area contributed by atoms with Gasteiger partial charge in [0.15, 0.2) is 11.6 Å². The van der Waals surface area contributed by atoms with E-state index in [0.29, 0.717) is 13.0 Å². The van der Waals surface area contributed by atoms with E-state index in [-0.39, 0.29) is 12.4 Å². The molecule has 0 saturated heterocycles. The Labute approximate surface area is 104 Å². The minimum Gasteiger partial charge on any atom is -0.493 e. The number of hydrogen-bond donors (Lipinski definition) is 2. The molecule has 0 spiro atoms. The number of carbonyl (C=O) groups is 1. The van der Waals surface area contributed by atoms with Crippen LogP contribution in [0.4, 0.5) is 8.78 Å². The van der Waals surface area contributed by atoms with Crippen molar-refractivity contribution in [2.24, 2.45) is 5.73 Å². The Morgan fingerprint density at radius 1 is 1.44 bits per heavy atom. The largest absolute Gasteiger partial charge is 0.493 e. The summed E-state index contributed by atoms with van der Waals surface area (Å²) in [7, 11) is 0. The quantitative estimate of drug-likeness (QED) is 0.772. The number of hydrogen-bond acceptors (Lipinski definition) is 3. The van der Waals surface area contributed by atoms with Crippen LogP contribution in [0.1, 0.15) is 13.3 Å². The average Bonchev–Trinajstić information content (AvgIpc) is 2.32. The lowest BCUT2D eigenvalue weighted by Crippen LogP contribution is -2.42. The van der Waals surface area contributed by atoms with Gasteiger partial charge < -0.3 is 15.8 Å². The van der Waals surface area contributed by atoms with Crippen molar-refractivity contribution in [1.29, 1.82) is 0 Å². The highest BCUT2D eigenvalue weighted by atomic mass is 19.2. The standard InChI is InChI=1S/C12H16F2N2O2/c1-2-16-11(12(15)17)5-6-18-8-3-4-9(13)10(14)7-8/h3-4,7,11,16H,2,5-6H2,1H3,(H2,15,17). The van der Waals surface area contributed by atoms with Gasteiger partial charge in [0, 0.05) is 12.5 Å². The zero-order valence-electron chi connectivity index (χ0n) is 10.1. The van der Waals surface area contributed by atoms with Crippen LogP contribution in [0.5, 0.6) is 5.75 Å². The molecule has 1 rings (SSSR count). The fraction of sp³-hybridized carbons (Fsp3) is 0.417. The van der Waals surface area contributed by atoms with Gasteiger partial charge in [0.05, 0.1) is 12.6 Å². The lowest BCUT2D eigenvalue weighted by atomic mass is 10.2. The number of likely N-dealkylation sites (N-methyl/N-ethyl adjacent to an activating group) is 1. The zero-order chi connectivity index (χ0) is 13.5. The molecule has 1 atom stereocenters. The normalized spacial score (nSPS) is 12.2. The molecule has 0 radical (unpaired) electrons. The van der Waals surface area contributed by atoms with Gasteiger partial charge >= 0.3 is 0 Å². The van der Waals surface area contributed by atoms with Crippen molar-refractivity contribution < 1.29 is 18.3 Å². The summed E-state index contributed by atoms with van der Waals surface area (Å²) in [6, 6.07) is 2.79. The van der Waals surface area contributed by atoms with Crippen molar-refractivity contribution in [3.05, 3.63) is 29.8 Å². The highest BCUT2D eigenvalue weighted by molar-refractivity contribution is 5.79. The predicted molar refractivity (Wildman–Crippen MR) is 63.1 cm³/mol. The Morgan fingerprint density at radius 3 is 2.72 bits per heavy atom. The van der Waals surface area contributed by atoms with Crippen LogP contribution in [0.15, 0.2) is 18.2 Å². The Hall–Kier alpha value is -1.69. The smallest absolute Gasteiger partial charge is 0.234 e. The lowest BCUT2D eigenvalue weighted by Gasteiger charge is -2.14. The van der Waals surface area contributed by atoms with E-state index in [2.05, 4.69) is 5.32 Å². The Morgan fingerprint density at radius 2 is 2.17 bits per heavy atom. The fourth-order valence-electron chi connectivity index (χ4n) is 1.45. The molecule has 0 aliphatic carbocycles. The van der Waals surface area contributed by atoms with E-state index in [4.69, 9.17) is 10.5 Å². The first kappa shape index (κ1) is 14.4. The summed E-state index contributed by atoms with van der Waals surface area (Å²) in [5.41, 5.74) is 5.18. The molecule has 1 unspecified atom stereocenters. The van der Waals surface area contributed by atoms with E-state index in [0.717, 1.165) is 12.1 Å². The van der Waals surface area contributed by atoms with Crippen molar-refractivity contribution in [3.63, 3.8) is 0 Å². The summed E-state index contributed by atoms with van der Waals surface area (Å²) in [5.74, 6) is -2.14. The number of halogens is 2. The van der Waals surface area contributed by atoms with Crippen LogP contribution in [0, 0.1) is 11.6 Å². The number of ether oxygens (including phenoxy) is 1. The van der Waals surface area contributed by atoms with Gasteiger partial charge in [-0.3, -0.25) is 4.79 Å². The number of nitrogens with two attached hydrogens (primary N) is 1. The van der Waals surface area contributed by atoms with Gasteiger partial charge in [0.25, 0.3) is 0 Å². The molecule has 0 aliphatic heterocycles. The van der Waals surface area contributed by atoms with Crippen LogP contribution in [-0.4, -0.2) is 25.1 Å². The van der Waals surface area contributed by atoms with Crippen molar-refractivity contribution in [2.75, 3.05) is 13.2 Å². The molecular weight excluding hydrogens is 242 g/mol. The van der Waals surface area contributed by atoms with Crippen LogP contribution in [0.3, 0.4) is 0 Å². The van der Waals surface area contributed by atoms with Crippen LogP contribution in [0.2, 0.25) is 0 Å². The SMILES string of the molecule is CCNC(CCOc1ccc(F)c(F)c1)C(N)=O. The average molecular weight is 258 g/mol. The van der Waals surface area contributed by atoms with Crippen molar-refractivity contribution in [1.82, 2.24) is 5.32 Å². The van der Waals surface area contributed by atoms with Crippen LogP contribution < -0.4 is 15.8 Å². The summed E-state index contributed by atoms with van der Waals surface area (Å²) >= 11 is 0. The van der Waals surface area contributed by atoms with Gasteiger partial charge in [0.1, 0.15) is 5.75 Å². The zero-order valence-corrected chi connectivity index (χ0v) is 10.1. The highest BCUT2D eigenvalue weighted by Crippen LogP contribution is 2.15. The molecule has 0 heterocycles. The van der Waals surface area contributed by atoms with Gasteiger partial charge in [-0.2, -0.15) is 0 Å². The van der Waals surface area contributed by atoms with Gasteiger partial charge in [-0.1, -0.05) is 6.92 Å². The topological polar surface area (TPSA) is 64.3 Å². The number of carbonyl (C=O) groups excluding carboxylic acids is 1. The highest BCUT2D eigenvalue weighted by Gasteiger charge is 2.13. The molecule has 0 aromatic heterocycles. The molecule has 100 valence electrons. The molecule has 0 fully saturated rings. The Balaban J connectivity index is 2.44. The molecule has 6 heteroatoms. The van der Waals surface area contributed by atoms with Gasteiger partial charge in [-0.05, 0) is 18.7 Å². The van der Waals surface area contributed by atoms with Crippen molar-refractivity contribution in [2.45, 2.75) is 19.4 Å². The Kier molecular flexibility index (Phi) is 5.51. The number of nitrogens with one attached hydrogen (secondary N) is 1. The number of primary amides is 1. The second-order valence-electron chi connectivity index (χ2n) is 3.73. The minimum absolute atomic E-state index is 0.186. The van der Waals surface area contributed by atoms with E-state index in [1.807, 2.05) is 6.92 Å². The van der Waals surface area contributed by atoms with E-state index >= 15 is 0 Å².